The molecular formula is C19H19NO. The lowest BCUT2D eigenvalue weighted by molar-refractivity contribution is -0.110. The molecule has 1 aliphatic carbocycles. The van der Waals surface area contributed by atoms with Gasteiger partial charge in [0.2, 0.25) is 0 Å². The average Bonchev–Trinajstić information content (AvgIpc) is 3.02. The molecule has 1 saturated carbocycles. The molecule has 1 aliphatic rings. The molecule has 106 valence electrons. The molecule has 0 aromatic heterocycles. The van der Waals surface area contributed by atoms with Crippen molar-refractivity contribution in [2.45, 2.75) is 25.3 Å². The first kappa shape index (κ1) is 13.7. The van der Waals surface area contributed by atoms with Crippen LogP contribution in [-0.4, -0.2) is 18.0 Å². The normalized spacial score (nSPS) is 21.0. The maximum Gasteiger partial charge on any atom is 0.123 e. The van der Waals surface area contributed by atoms with E-state index in [1.54, 1.807) is 0 Å². The molecule has 0 bridgehead atoms. The van der Waals surface area contributed by atoms with Crippen molar-refractivity contribution in [2.75, 3.05) is 0 Å². The summed E-state index contributed by atoms with van der Waals surface area (Å²) in [6.07, 6.45) is 3.94. The molecule has 2 aromatic rings. The second kappa shape index (κ2) is 6.49. The molecule has 2 nitrogen and oxygen atoms in total. The number of carbonyl (C=O) groups is 1. The van der Waals surface area contributed by atoms with Crippen LogP contribution in [0.5, 0.6) is 0 Å². The molecule has 2 aromatic carbocycles. The Labute approximate surface area is 125 Å². The van der Waals surface area contributed by atoms with Crippen LogP contribution in [0.3, 0.4) is 0 Å². The van der Waals surface area contributed by atoms with E-state index >= 15 is 0 Å². The van der Waals surface area contributed by atoms with Gasteiger partial charge in [0.1, 0.15) is 6.29 Å². The largest absolute Gasteiger partial charge is 0.303 e. The molecule has 0 spiro atoms. The molecule has 0 heterocycles. The Morgan fingerprint density at radius 2 is 1.48 bits per heavy atom. The van der Waals surface area contributed by atoms with Crippen LogP contribution in [0.2, 0.25) is 0 Å². The smallest absolute Gasteiger partial charge is 0.123 e. The molecule has 2 heteroatoms. The minimum absolute atomic E-state index is 0.187. The number of rotatable bonds is 4. The second-order valence-electron chi connectivity index (χ2n) is 5.57. The molecule has 0 aliphatic heterocycles. The predicted octanol–water partition coefficient (Wildman–Crippen LogP) is 3.89. The van der Waals surface area contributed by atoms with Crippen molar-refractivity contribution in [1.82, 2.24) is 0 Å². The quantitative estimate of drug-likeness (QED) is 0.616. The minimum Gasteiger partial charge on any atom is -0.303 e. The van der Waals surface area contributed by atoms with Gasteiger partial charge in [0, 0.05) is 17.0 Å². The van der Waals surface area contributed by atoms with Crippen molar-refractivity contribution in [3.05, 3.63) is 71.8 Å². The van der Waals surface area contributed by atoms with Gasteiger partial charge in [-0.05, 0) is 19.3 Å². The van der Waals surface area contributed by atoms with Crippen molar-refractivity contribution in [3.8, 4) is 0 Å². The highest BCUT2D eigenvalue weighted by molar-refractivity contribution is 6.12. The first-order valence-corrected chi connectivity index (χ1v) is 7.51. The molecule has 0 radical (unpaired) electrons. The standard InChI is InChI=1S/C19H19NO/c21-14-15-11-12-18(13-15)20-19(16-7-3-1-4-8-16)17-9-5-2-6-10-17/h1-10,14-15,18H,11-13H2/t15-,18+/m0/s1. The number of hydrogen-bond acceptors (Lipinski definition) is 2. The number of aliphatic imine (C=N–C) groups is 1. The van der Waals surface area contributed by atoms with Gasteiger partial charge < -0.3 is 4.79 Å². The third-order valence-electron chi connectivity index (χ3n) is 4.04. The molecule has 3 rings (SSSR count). The Kier molecular flexibility index (Phi) is 4.25. The Morgan fingerprint density at radius 1 is 0.905 bits per heavy atom. The molecule has 1 fully saturated rings. The van der Waals surface area contributed by atoms with Crippen molar-refractivity contribution in [3.63, 3.8) is 0 Å². The van der Waals surface area contributed by atoms with Crippen LogP contribution < -0.4 is 0 Å². The predicted molar refractivity (Wildman–Crippen MR) is 85.7 cm³/mol. The maximum absolute atomic E-state index is 10.9. The van der Waals surface area contributed by atoms with Crippen LogP contribution in [0.15, 0.2) is 65.7 Å². The lowest BCUT2D eigenvalue weighted by Crippen LogP contribution is -2.09. The number of benzene rings is 2. The topological polar surface area (TPSA) is 29.4 Å². The van der Waals surface area contributed by atoms with Crippen LogP contribution in [0.1, 0.15) is 30.4 Å². The molecular weight excluding hydrogens is 258 g/mol. The van der Waals surface area contributed by atoms with E-state index in [0.29, 0.717) is 0 Å². The van der Waals surface area contributed by atoms with Gasteiger partial charge in [-0.2, -0.15) is 0 Å². The van der Waals surface area contributed by atoms with E-state index in [1.165, 1.54) is 0 Å². The van der Waals surface area contributed by atoms with Crippen LogP contribution in [-0.2, 0) is 4.79 Å². The Bertz CT molecular complexity index is 577. The molecule has 2 atom stereocenters. The second-order valence-corrected chi connectivity index (χ2v) is 5.57. The Balaban J connectivity index is 1.95. The highest BCUT2D eigenvalue weighted by atomic mass is 16.1. The summed E-state index contributed by atoms with van der Waals surface area (Å²) in [4.78, 5) is 15.9. The van der Waals surface area contributed by atoms with E-state index in [1.807, 2.05) is 36.4 Å². The molecule has 0 N–H and O–H groups in total. The van der Waals surface area contributed by atoms with E-state index in [2.05, 4.69) is 24.3 Å². The zero-order valence-electron chi connectivity index (χ0n) is 12.0. The minimum atomic E-state index is 0.187. The summed E-state index contributed by atoms with van der Waals surface area (Å²) in [5.41, 5.74) is 3.31. The van der Waals surface area contributed by atoms with Crippen molar-refractivity contribution < 1.29 is 4.79 Å². The van der Waals surface area contributed by atoms with Gasteiger partial charge in [-0.15, -0.1) is 0 Å². The van der Waals surface area contributed by atoms with Gasteiger partial charge in [-0.3, -0.25) is 4.99 Å². The number of carbonyl (C=O) groups excluding carboxylic acids is 1. The van der Waals surface area contributed by atoms with Crippen molar-refractivity contribution >= 4 is 12.0 Å². The van der Waals surface area contributed by atoms with Gasteiger partial charge >= 0.3 is 0 Å². The number of aldehydes is 1. The average molecular weight is 277 g/mol. The maximum atomic E-state index is 10.9. The zero-order chi connectivity index (χ0) is 14.5. The summed E-state index contributed by atoms with van der Waals surface area (Å²) in [7, 11) is 0. The van der Waals surface area contributed by atoms with Crippen LogP contribution in [0.4, 0.5) is 0 Å². The fraction of sp³-hybridized carbons (Fsp3) is 0.263. The van der Waals surface area contributed by atoms with E-state index in [4.69, 9.17) is 4.99 Å². The van der Waals surface area contributed by atoms with E-state index in [9.17, 15) is 4.79 Å². The fourth-order valence-corrected chi connectivity index (χ4v) is 2.92. The third-order valence-corrected chi connectivity index (χ3v) is 4.04. The summed E-state index contributed by atoms with van der Waals surface area (Å²) in [6.45, 7) is 0. The van der Waals surface area contributed by atoms with E-state index < -0.39 is 0 Å². The van der Waals surface area contributed by atoms with Gasteiger partial charge in [0.25, 0.3) is 0 Å². The summed E-state index contributed by atoms with van der Waals surface area (Å²) >= 11 is 0. The monoisotopic (exact) mass is 277 g/mol. The van der Waals surface area contributed by atoms with Gasteiger partial charge in [-0.25, -0.2) is 0 Å². The van der Waals surface area contributed by atoms with Crippen LogP contribution >= 0.6 is 0 Å². The summed E-state index contributed by atoms with van der Waals surface area (Å²) in [6, 6.07) is 20.8. The fourth-order valence-electron chi connectivity index (χ4n) is 2.92. The first-order valence-electron chi connectivity index (χ1n) is 7.51. The van der Waals surface area contributed by atoms with Gasteiger partial charge in [-0.1, -0.05) is 60.7 Å². The van der Waals surface area contributed by atoms with Crippen molar-refractivity contribution in [1.29, 1.82) is 0 Å². The first-order chi connectivity index (χ1) is 10.4. The Morgan fingerprint density at radius 3 is 1.95 bits per heavy atom. The lowest BCUT2D eigenvalue weighted by atomic mass is 10.0. The summed E-state index contributed by atoms with van der Waals surface area (Å²) in [5, 5.41) is 0. The SMILES string of the molecule is O=C[C@H]1CC[C@@H](N=C(c2ccccc2)c2ccccc2)C1. The summed E-state index contributed by atoms with van der Waals surface area (Å²) in [5.74, 6) is 0.187. The Hall–Kier alpha value is -2.22. The molecule has 0 unspecified atom stereocenters. The highest BCUT2D eigenvalue weighted by Crippen LogP contribution is 2.27. The molecule has 0 saturated heterocycles. The van der Waals surface area contributed by atoms with Gasteiger partial charge in [0.05, 0.1) is 11.8 Å². The molecule has 0 amide bonds. The third kappa shape index (κ3) is 3.27. The number of hydrogen-bond donors (Lipinski definition) is 0. The van der Waals surface area contributed by atoms with E-state index in [-0.39, 0.29) is 12.0 Å². The van der Waals surface area contributed by atoms with E-state index in [0.717, 1.165) is 42.4 Å². The number of nitrogens with zero attached hydrogens (tertiary/aromatic N) is 1. The summed E-state index contributed by atoms with van der Waals surface area (Å²) < 4.78 is 0. The van der Waals surface area contributed by atoms with Crippen LogP contribution in [0.25, 0.3) is 0 Å². The van der Waals surface area contributed by atoms with Gasteiger partial charge in [0.15, 0.2) is 0 Å². The van der Waals surface area contributed by atoms with Crippen LogP contribution in [0, 0.1) is 5.92 Å². The highest BCUT2D eigenvalue weighted by Gasteiger charge is 2.24. The lowest BCUT2D eigenvalue weighted by Gasteiger charge is -2.11. The molecule has 21 heavy (non-hydrogen) atoms. The van der Waals surface area contributed by atoms with Crippen molar-refractivity contribution in [2.24, 2.45) is 10.9 Å². The zero-order valence-corrected chi connectivity index (χ0v) is 12.0.